The molecule has 1 rings (SSSR count). The van der Waals surface area contributed by atoms with Crippen LogP contribution >= 0.6 is 11.6 Å². The molecule has 0 radical (unpaired) electrons. The van der Waals surface area contributed by atoms with Gasteiger partial charge in [0.05, 0.1) is 0 Å². The smallest absolute Gasteiger partial charge is 0.242 e. The Bertz CT molecular complexity index is 349. The first-order chi connectivity index (χ1) is 7.06. The Hall–Kier alpha value is -1.02. The van der Waals surface area contributed by atoms with Crippen molar-refractivity contribution in [3.63, 3.8) is 0 Å². The van der Waals surface area contributed by atoms with Gasteiger partial charge in [-0.25, -0.2) is 0 Å². The Balaban J connectivity index is 3.04. The van der Waals surface area contributed by atoms with Gasteiger partial charge in [0.15, 0.2) is 0 Å². The van der Waals surface area contributed by atoms with E-state index in [-0.39, 0.29) is 17.8 Å². The number of aryl methyl sites for hydroxylation is 1. The molecule has 0 heterocycles. The molecule has 0 atom stereocenters. The van der Waals surface area contributed by atoms with E-state index in [1.165, 1.54) is 0 Å². The maximum Gasteiger partial charge on any atom is 0.242 e. The zero-order valence-corrected chi connectivity index (χ0v) is 10.1. The molecule has 1 aromatic carbocycles. The Morgan fingerprint density at radius 3 is 2.60 bits per heavy atom. The number of carbonyl (C=O) groups is 1. The summed E-state index contributed by atoms with van der Waals surface area (Å²) in [4.78, 5) is 13.4. The van der Waals surface area contributed by atoms with Gasteiger partial charge >= 0.3 is 0 Å². The number of amides is 1. The molecule has 0 unspecified atom stereocenters. The van der Waals surface area contributed by atoms with Crippen LogP contribution < -0.4 is 4.90 Å². The standard InChI is InChI=1S/C12H16ClNO/c1-9(2)14(12(15)8-13)11-6-4-5-10(3)7-11/h4-7,9H,8H2,1-3H3. The largest absolute Gasteiger partial charge is 0.309 e. The van der Waals surface area contributed by atoms with Gasteiger partial charge in [-0.05, 0) is 38.5 Å². The van der Waals surface area contributed by atoms with Crippen LogP contribution in [-0.4, -0.2) is 17.8 Å². The minimum absolute atomic E-state index is 0.0200. The van der Waals surface area contributed by atoms with E-state index in [1.54, 1.807) is 4.90 Å². The first-order valence-corrected chi connectivity index (χ1v) is 5.54. The van der Waals surface area contributed by atoms with Gasteiger partial charge in [-0.1, -0.05) is 12.1 Å². The molecule has 0 aliphatic heterocycles. The number of nitrogens with zero attached hydrogens (tertiary/aromatic N) is 1. The molecular weight excluding hydrogens is 210 g/mol. The van der Waals surface area contributed by atoms with Crippen molar-refractivity contribution in [2.24, 2.45) is 0 Å². The number of rotatable bonds is 3. The van der Waals surface area contributed by atoms with Gasteiger partial charge in [-0.2, -0.15) is 0 Å². The molecule has 15 heavy (non-hydrogen) atoms. The van der Waals surface area contributed by atoms with Gasteiger partial charge < -0.3 is 4.90 Å². The van der Waals surface area contributed by atoms with E-state index in [0.29, 0.717) is 0 Å². The second kappa shape index (κ2) is 5.17. The molecule has 0 bridgehead atoms. The Kier molecular flexibility index (Phi) is 4.15. The lowest BCUT2D eigenvalue weighted by Crippen LogP contribution is -2.37. The third kappa shape index (κ3) is 2.96. The molecular formula is C12H16ClNO. The SMILES string of the molecule is Cc1cccc(N(C(=O)CCl)C(C)C)c1. The van der Waals surface area contributed by atoms with Gasteiger partial charge in [-0.15, -0.1) is 11.6 Å². The van der Waals surface area contributed by atoms with Gasteiger partial charge in [0.25, 0.3) is 0 Å². The van der Waals surface area contributed by atoms with E-state index in [2.05, 4.69) is 0 Å². The molecule has 0 aliphatic rings. The van der Waals surface area contributed by atoms with Crippen molar-refractivity contribution in [1.82, 2.24) is 0 Å². The maximum atomic E-state index is 11.7. The summed E-state index contributed by atoms with van der Waals surface area (Å²) in [6.45, 7) is 5.97. The van der Waals surface area contributed by atoms with E-state index in [9.17, 15) is 4.79 Å². The van der Waals surface area contributed by atoms with Crippen LogP contribution in [0, 0.1) is 6.92 Å². The molecule has 0 fully saturated rings. The number of hydrogen-bond acceptors (Lipinski definition) is 1. The maximum absolute atomic E-state index is 11.7. The van der Waals surface area contributed by atoms with Crippen LogP contribution in [0.5, 0.6) is 0 Å². The molecule has 2 nitrogen and oxygen atoms in total. The van der Waals surface area contributed by atoms with Gasteiger partial charge in [0.2, 0.25) is 5.91 Å². The van der Waals surface area contributed by atoms with E-state index >= 15 is 0 Å². The zero-order valence-electron chi connectivity index (χ0n) is 9.33. The van der Waals surface area contributed by atoms with Crippen LogP contribution in [0.1, 0.15) is 19.4 Å². The Morgan fingerprint density at radius 2 is 2.13 bits per heavy atom. The summed E-state index contributed by atoms with van der Waals surface area (Å²) in [5, 5.41) is 0. The molecule has 0 aromatic heterocycles. The van der Waals surface area contributed by atoms with Crippen LogP contribution in [-0.2, 0) is 4.79 Å². The molecule has 0 saturated heterocycles. The molecule has 1 amide bonds. The number of hydrogen-bond donors (Lipinski definition) is 0. The number of halogens is 1. The molecule has 0 aliphatic carbocycles. The van der Waals surface area contributed by atoms with E-state index < -0.39 is 0 Å². The third-order valence-corrected chi connectivity index (χ3v) is 2.41. The Morgan fingerprint density at radius 1 is 1.47 bits per heavy atom. The summed E-state index contributed by atoms with van der Waals surface area (Å²) in [5.41, 5.74) is 2.05. The number of carbonyl (C=O) groups excluding carboxylic acids is 1. The first-order valence-electron chi connectivity index (χ1n) is 5.01. The van der Waals surface area contributed by atoms with Crippen molar-refractivity contribution in [2.75, 3.05) is 10.8 Å². The quantitative estimate of drug-likeness (QED) is 0.725. The molecule has 0 spiro atoms. The average Bonchev–Trinajstić information content (AvgIpc) is 2.17. The van der Waals surface area contributed by atoms with Gasteiger partial charge in [-0.3, -0.25) is 4.79 Å². The summed E-state index contributed by atoms with van der Waals surface area (Å²) in [6, 6.07) is 7.99. The van der Waals surface area contributed by atoms with E-state index in [1.807, 2.05) is 45.0 Å². The number of anilines is 1. The van der Waals surface area contributed by atoms with Crippen molar-refractivity contribution in [3.8, 4) is 0 Å². The monoisotopic (exact) mass is 225 g/mol. The summed E-state index contributed by atoms with van der Waals surface area (Å²) in [5.74, 6) is -0.0381. The fourth-order valence-electron chi connectivity index (χ4n) is 1.57. The van der Waals surface area contributed by atoms with Gasteiger partial charge in [0, 0.05) is 11.7 Å². The topological polar surface area (TPSA) is 20.3 Å². The highest BCUT2D eigenvalue weighted by molar-refractivity contribution is 6.29. The normalized spacial score (nSPS) is 10.5. The average molecular weight is 226 g/mol. The van der Waals surface area contributed by atoms with Crippen molar-refractivity contribution in [3.05, 3.63) is 29.8 Å². The highest BCUT2D eigenvalue weighted by Crippen LogP contribution is 2.18. The molecule has 0 N–H and O–H groups in total. The molecule has 82 valence electrons. The van der Waals surface area contributed by atoms with Crippen LogP contribution in [0.25, 0.3) is 0 Å². The molecule has 1 aromatic rings. The van der Waals surface area contributed by atoms with Crippen molar-refractivity contribution in [2.45, 2.75) is 26.8 Å². The second-order valence-electron chi connectivity index (χ2n) is 3.83. The summed E-state index contributed by atoms with van der Waals surface area (Å²) in [6.07, 6.45) is 0. The lowest BCUT2D eigenvalue weighted by Gasteiger charge is -2.26. The predicted molar refractivity (Wildman–Crippen MR) is 64.5 cm³/mol. The minimum atomic E-state index is -0.0581. The van der Waals surface area contributed by atoms with Crippen molar-refractivity contribution < 1.29 is 4.79 Å². The highest BCUT2D eigenvalue weighted by atomic mass is 35.5. The van der Waals surface area contributed by atoms with Crippen LogP contribution in [0.2, 0.25) is 0 Å². The lowest BCUT2D eigenvalue weighted by molar-refractivity contribution is -0.116. The highest BCUT2D eigenvalue weighted by Gasteiger charge is 2.17. The molecule has 3 heteroatoms. The Labute approximate surface area is 95.8 Å². The second-order valence-corrected chi connectivity index (χ2v) is 4.10. The van der Waals surface area contributed by atoms with Crippen molar-refractivity contribution >= 4 is 23.2 Å². The molecule has 0 saturated carbocycles. The fourth-order valence-corrected chi connectivity index (χ4v) is 1.70. The first kappa shape index (κ1) is 12.1. The minimum Gasteiger partial charge on any atom is -0.309 e. The van der Waals surface area contributed by atoms with E-state index in [0.717, 1.165) is 11.3 Å². The summed E-state index contributed by atoms with van der Waals surface area (Å²) in [7, 11) is 0. The summed E-state index contributed by atoms with van der Waals surface area (Å²) < 4.78 is 0. The lowest BCUT2D eigenvalue weighted by atomic mass is 10.2. The fraction of sp³-hybridized carbons (Fsp3) is 0.417. The van der Waals surface area contributed by atoms with Crippen LogP contribution in [0.15, 0.2) is 24.3 Å². The van der Waals surface area contributed by atoms with Gasteiger partial charge in [0.1, 0.15) is 5.88 Å². The number of alkyl halides is 1. The number of benzene rings is 1. The van der Waals surface area contributed by atoms with Crippen molar-refractivity contribution in [1.29, 1.82) is 0 Å². The van der Waals surface area contributed by atoms with E-state index in [4.69, 9.17) is 11.6 Å². The van der Waals surface area contributed by atoms with Crippen LogP contribution in [0.3, 0.4) is 0 Å². The predicted octanol–water partition coefficient (Wildman–Crippen LogP) is 2.98. The summed E-state index contributed by atoms with van der Waals surface area (Å²) >= 11 is 5.59. The van der Waals surface area contributed by atoms with Crippen LogP contribution in [0.4, 0.5) is 5.69 Å². The zero-order chi connectivity index (χ0) is 11.4. The third-order valence-electron chi connectivity index (χ3n) is 2.18.